The zero-order valence-electron chi connectivity index (χ0n) is 22.0. The van der Waals surface area contributed by atoms with E-state index in [1.807, 2.05) is 36.7 Å². The number of aryl methyl sites for hydroxylation is 2. The molecule has 0 aliphatic carbocycles. The van der Waals surface area contributed by atoms with Crippen LogP contribution in [0.15, 0.2) is 71.1 Å². The molecule has 0 bridgehead atoms. The number of furan rings is 1. The molecule has 0 aliphatic heterocycles. The number of aromatic nitrogens is 2. The molecule has 1 amide bonds. The summed E-state index contributed by atoms with van der Waals surface area (Å²) in [4.78, 5) is 14.6. The van der Waals surface area contributed by atoms with Gasteiger partial charge in [0.25, 0.3) is 5.91 Å². The van der Waals surface area contributed by atoms with E-state index in [1.165, 1.54) is 11.1 Å². The van der Waals surface area contributed by atoms with E-state index in [4.69, 9.17) is 9.15 Å². The van der Waals surface area contributed by atoms with Crippen LogP contribution in [0.5, 0.6) is 5.75 Å². The van der Waals surface area contributed by atoms with E-state index in [0.717, 1.165) is 29.2 Å². The van der Waals surface area contributed by atoms with Gasteiger partial charge in [0.2, 0.25) is 0 Å². The summed E-state index contributed by atoms with van der Waals surface area (Å²) in [6.07, 6.45) is 0. The zero-order chi connectivity index (χ0) is 25.9. The van der Waals surface area contributed by atoms with E-state index < -0.39 is 0 Å². The van der Waals surface area contributed by atoms with Crippen LogP contribution in [-0.4, -0.2) is 27.6 Å². The maximum Gasteiger partial charge on any atom is 0.289 e. The molecule has 2 heterocycles. The molecule has 0 atom stereocenters. The second-order valence-corrected chi connectivity index (χ2v) is 9.70. The van der Waals surface area contributed by atoms with Gasteiger partial charge in [-0.15, -0.1) is 0 Å². The van der Waals surface area contributed by atoms with Crippen LogP contribution in [0.25, 0.3) is 0 Å². The molecule has 4 rings (SSSR count). The molecule has 6 nitrogen and oxygen atoms in total. The predicted octanol–water partition coefficient (Wildman–Crippen LogP) is 6.29. The Hall–Kier alpha value is -3.80. The minimum atomic E-state index is -0.170. The monoisotopic (exact) mass is 485 g/mol. The first-order valence-corrected chi connectivity index (χ1v) is 12.4. The zero-order valence-corrected chi connectivity index (χ0v) is 22.0. The maximum absolute atomic E-state index is 12.9. The summed E-state index contributed by atoms with van der Waals surface area (Å²) in [6, 6.07) is 22.1. The van der Waals surface area contributed by atoms with Crippen molar-refractivity contribution in [2.24, 2.45) is 0 Å². The van der Waals surface area contributed by atoms with Crippen LogP contribution in [0.2, 0.25) is 0 Å². The van der Waals surface area contributed by atoms with Crippen molar-refractivity contribution < 1.29 is 13.9 Å². The Kier molecular flexibility index (Phi) is 7.34. The van der Waals surface area contributed by atoms with Gasteiger partial charge < -0.3 is 14.1 Å². The highest BCUT2D eigenvalue weighted by Gasteiger charge is 2.23. The van der Waals surface area contributed by atoms with E-state index in [-0.39, 0.29) is 17.9 Å². The number of hydrogen-bond acceptors (Lipinski definition) is 4. The molecule has 0 saturated heterocycles. The van der Waals surface area contributed by atoms with Crippen molar-refractivity contribution in [1.29, 1.82) is 0 Å². The van der Waals surface area contributed by atoms with Gasteiger partial charge in [-0.1, -0.05) is 56.3 Å². The highest BCUT2D eigenvalue weighted by atomic mass is 16.5. The third kappa shape index (κ3) is 5.23. The molecule has 4 aromatic rings. The average molecular weight is 486 g/mol. The fourth-order valence-electron chi connectivity index (χ4n) is 4.48. The molecule has 0 N–H and O–H groups in total. The van der Waals surface area contributed by atoms with Gasteiger partial charge in [-0.05, 0) is 56.2 Å². The van der Waals surface area contributed by atoms with Gasteiger partial charge in [-0.3, -0.25) is 9.48 Å². The summed E-state index contributed by atoms with van der Waals surface area (Å²) in [7, 11) is 1.78. The Bertz CT molecular complexity index is 1320. The van der Waals surface area contributed by atoms with Gasteiger partial charge >= 0.3 is 0 Å². The summed E-state index contributed by atoms with van der Waals surface area (Å²) >= 11 is 0. The summed E-state index contributed by atoms with van der Waals surface area (Å²) in [5.74, 6) is 1.49. The van der Waals surface area contributed by atoms with Crippen molar-refractivity contribution in [3.63, 3.8) is 0 Å². The second-order valence-electron chi connectivity index (χ2n) is 9.70. The van der Waals surface area contributed by atoms with Crippen molar-refractivity contribution in [3.05, 3.63) is 106 Å². The molecule has 0 fully saturated rings. The first-order valence-electron chi connectivity index (χ1n) is 12.4. The largest absolute Gasteiger partial charge is 0.486 e. The highest BCUT2D eigenvalue weighted by Crippen LogP contribution is 2.32. The topological polar surface area (TPSA) is 60.5 Å². The Balaban J connectivity index is 1.36. The molecule has 2 aromatic heterocycles. The van der Waals surface area contributed by atoms with Gasteiger partial charge in [-0.25, -0.2) is 0 Å². The Morgan fingerprint density at radius 1 is 1.00 bits per heavy atom. The number of hydrogen-bond donors (Lipinski definition) is 0. The molecule has 0 unspecified atom stereocenters. The summed E-state index contributed by atoms with van der Waals surface area (Å²) in [6.45, 7) is 12.0. The van der Waals surface area contributed by atoms with Gasteiger partial charge in [0.15, 0.2) is 5.76 Å². The number of nitrogens with zero attached hydrogens (tertiary/aromatic N) is 3. The lowest BCUT2D eigenvalue weighted by atomic mass is 9.78. The SMILES string of the molecule is CCn1nc(C)c(CN(C)C(=O)c2ccc(COc3ccc(C(C)(C)c4ccccc4)cc3)o2)c1C. The lowest BCUT2D eigenvalue weighted by molar-refractivity contribution is 0.0749. The maximum atomic E-state index is 12.9. The predicted molar refractivity (Wildman–Crippen MR) is 141 cm³/mol. The Morgan fingerprint density at radius 3 is 2.31 bits per heavy atom. The number of amides is 1. The first kappa shape index (κ1) is 25.3. The summed E-state index contributed by atoms with van der Waals surface area (Å²) in [5.41, 5.74) is 5.48. The van der Waals surface area contributed by atoms with Crippen LogP contribution in [-0.2, 0) is 25.1 Å². The van der Waals surface area contributed by atoms with Crippen LogP contribution < -0.4 is 4.74 Å². The van der Waals surface area contributed by atoms with Gasteiger partial charge in [-0.2, -0.15) is 5.10 Å². The minimum Gasteiger partial charge on any atom is -0.486 e. The summed E-state index contributed by atoms with van der Waals surface area (Å²) in [5, 5.41) is 4.54. The van der Waals surface area contributed by atoms with E-state index in [0.29, 0.717) is 18.1 Å². The first-order chi connectivity index (χ1) is 17.2. The standard InChI is InChI=1S/C30H35N3O3/c1-7-33-22(3)27(21(2)31-33)19-32(6)29(34)28-18-17-26(36-28)20-35-25-15-13-24(14-16-25)30(4,5)23-11-9-8-10-12-23/h8-18H,7,19-20H2,1-6H3. The highest BCUT2D eigenvalue weighted by molar-refractivity contribution is 5.91. The molecule has 0 spiro atoms. The number of carbonyl (C=O) groups excluding carboxylic acids is 1. The van der Waals surface area contributed by atoms with Crippen molar-refractivity contribution in [3.8, 4) is 5.75 Å². The molecule has 188 valence electrons. The van der Waals surface area contributed by atoms with Crippen molar-refractivity contribution in [1.82, 2.24) is 14.7 Å². The molecule has 6 heteroatoms. The van der Waals surface area contributed by atoms with E-state index >= 15 is 0 Å². The van der Waals surface area contributed by atoms with Crippen molar-refractivity contribution in [2.45, 2.75) is 59.7 Å². The molecule has 2 aromatic carbocycles. The molecule has 0 aliphatic rings. The van der Waals surface area contributed by atoms with Crippen LogP contribution in [0.3, 0.4) is 0 Å². The molecule has 0 radical (unpaired) electrons. The quantitative estimate of drug-likeness (QED) is 0.280. The second kappa shape index (κ2) is 10.4. The van der Waals surface area contributed by atoms with E-state index in [1.54, 1.807) is 24.1 Å². The normalized spacial score (nSPS) is 11.5. The van der Waals surface area contributed by atoms with E-state index in [2.05, 4.69) is 62.3 Å². The lowest BCUT2D eigenvalue weighted by Crippen LogP contribution is -2.26. The van der Waals surface area contributed by atoms with Crippen LogP contribution in [0.1, 0.15) is 65.2 Å². The smallest absolute Gasteiger partial charge is 0.289 e. The van der Waals surface area contributed by atoms with Gasteiger partial charge in [0.05, 0.1) is 5.69 Å². The fourth-order valence-corrected chi connectivity index (χ4v) is 4.48. The van der Waals surface area contributed by atoms with Crippen LogP contribution >= 0.6 is 0 Å². The van der Waals surface area contributed by atoms with E-state index in [9.17, 15) is 4.79 Å². The Labute approximate surface area is 213 Å². The van der Waals surface area contributed by atoms with Crippen LogP contribution in [0, 0.1) is 13.8 Å². The fraction of sp³-hybridized carbons (Fsp3) is 0.333. The lowest BCUT2D eigenvalue weighted by Gasteiger charge is -2.26. The minimum absolute atomic E-state index is 0.103. The average Bonchev–Trinajstić information content (AvgIpc) is 3.47. The van der Waals surface area contributed by atoms with Crippen molar-refractivity contribution >= 4 is 5.91 Å². The van der Waals surface area contributed by atoms with Gasteiger partial charge in [0.1, 0.15) is 18.1 Å². The molecular weight excluding hydrogens is 450 g/mol. The number of ether oxygens (including phenoxy) is 1. The van der Waals surface area contributed by atoms with Crippen LogP contribution in [0.4, 0.5) is 0 Å². The third-order valence-corrected chi connectivity index (χ3v) is 6.90. The number of rotatable bonds is 9. The summed E-state index contributed by atoms with van der Waals surface area (Å²) < 4.78 is 13.7. The van der Waals surface area contributed by atoms with Crippen molar-refractivity contribution in [2.75, 3.05) is 7.05 Å². The third-order valence-electron chi connectivity index (χ3n) is 6.90. The molecule has 36 heavy (non-hydrogen) atoms. The number of carbonyl (C=O) groups is 1. The Morgan fingerprint density at radius 2 is 1.67 bits per heavy atom. The number of benzene rings is 2. The molecular formula is C30H35N3O3. The van der Waals surface area contributed by atoms with Gasteiger partial charge in [0, 0.05) is 36.8 Å². The molecule has 0 saturated carbocycles.